The van der Waals surface area contributed by atoms with Crippen LogP contribution in [0, 0.1) is 31.5 Å². The molecule has 1 aromatic carbocycles. The highest BCUT2D eigenvalue weighted by Crippen LogP contribution is 2.29. The molecule has 0 radical (unpaired) electrons. The maximum atomic E-state index is 14.7. The van der Waals surface area contributed by atoms with Gasteiger partial charge in [-0.2, -0.15) is 4.98 Å². The van der Waals surface area contributed by atoms with E-state index in [-0.39, 0.29) is 29.2 Å². The quantitative estimate of drug-likeness (QED) is 0.455. The summed E-state index contributed by atoms with van der Waals surface area (Å²) < 4.78 is 21.6. The second kappa shape index (κ2) is 7.60. The van der Waals surface area contributed by atoms with Gasteiger partial charge in [0.15, 0.2) is 11.7 Å². The zero-order valence-corrected chi connectivity index (χ0v) is 18.3. The molecule has 3 aromatic heterocycles. The molecule has 2 N–H and O–H groups in total. The lowest BCUT2D eigenvalue weighted by Crippen LogP contribution is -2.32. The summed E-state index contributed by atoms with van der Waals surface area (Å²) >= 11 is 0. The predicted octanol–water partition coefficient (Wildman–Crippen LogP) is 2.92. The van der Waals surface area contributed by atoms with Gasteiger partial charge in [0.25, 0.3) is 11.7 Å². The molecule has 5 heterocycles. The number of carbonyl (C=O) groups excluding carboxylic acids is 1. The molecule has 168 valence electrons. The lowest BCUT2D eigenvalue weighted by Gasteiger charge is -2.15. The summed E-state index contributed by atoms with van der Waals surface area (Å²) in [7, 11) is 0. The Hall–Kier alpha value is -4.36. The van der Waals surface area contributed by atoms with Crippen molar-refractivity contribution in [3.8, 4) is 23.2 Å². The Kier molecular flexibility index (Phi) is 4.53. The van der Waals surface area contributed by atoms with Crippen molar-refractivity contribution < 1.29 is 13.6 Å². The lowest BCUT2D eigenvalue weighted by atomic mass is 10.0. The number of aryl methyl sites for hydroxylation is 2. The van der Waals surface area contributed by atoms with Crippen molar-refractivity contribution in [1.82, 2.24) is 29.9 Å². The van der Waals surface area contributed by atoms with E-state index < -0.39 is 11.7 Å². The molecular weight excluding hydrogens is 437 g/mol. The van der Waals surface area contributed by atoms with Crippen LogP contribution >= 0.6 is 0 Å². The summed E-state index contributed by atoms with van der Waals surface area (Å²) in [5.74, 6) is 6.29. The summed E-state index contributed by atoms with van der Waals surface area (Å²) in [6.07, 6.45) is 6.39. The first-order chi connectivity index (χ1) is 16.4. The number of hydrogen-bond donors (Lipinski definition) is 2. The number of nitrogens with zero attached hydrogens (tertiary/aromatic N) is 5. The fraction of sp³-hybridized carbons (Fsp3) is 0.208. The lowest BCUT2D eigenvalue weighted by molar-refractivity contribution is 0.0994. The number of rotatable bonds is 4. The number of anilines is 1. The van der Waals surface area contributed by atoms with E-state index in [0.717, 1.165) is 17.6 Å². The van der Waals surface area contributed by atoms with Gasteiger partial charge < -0.3 is 9.73 Å². The highest BCUT2D eigenvalue weighted by atomic mass is 19.1. The molecule has 2 aliphatic heterocycles. The third-order valence-electron chi connectivity index (χ3n) is 5.77. The third kappa shape index (κ3) is 3.43. The van der Waals surface area contributed by atoms with Crippen LogP contribution in [0.4, 0.5) is 10.1 Å². The second-order valence-electron chi connectivity index (χ2n) is 8.16. The number of benzene rings is 1. The molecule has 0 fully saturated rings. The van der Waals surface area contributed by atoms with E-state index in [9.17, 15) is 9.18 Å². The number of amides is 1. The summed E-state index contributed by atoms with van der Waals surface area (Å²) in [5.41, 5.74) is 2.99. The number of carbonyl (C=O) groups is 1. The molecule has 2 atom stereocenters. The first kappa shape index (κ1) is 20.3. The third-order valence-corrected chi connectivity index (χ3v) is 5.77. The SMILES string of the molecule is Cc1nc(C)c(C(=O)Nc2ccc(F)c(-c3nc4ncc(C5=CC6C#CCC5N6)cn4n3)c2)o1. The van der Waals surface area contributed by atoms with Crippen LogP contribution in [0.3, 0.4) is 0 Å². The summed E-state index contributed by atoms with van der Waals surface area (Å²) in [6, 6.07) is 4.39. The van der Waals surface area contributed by atoms with Gasteiger partial charge in [-0.25, -0.2) is 18.9 Å². The highest BCUT2D eigenvalue weighted by molar-refractivity contribution is 6.03. The largest absolute Gasteiger partial charge is 0.436 e. The van der Waals surface area contributed by atoms with Gasteiger partial charge >= 0.3 is 0 Å². The Morgan fingerprint density at radius 3 is 3.00 bits per heavy atom. The van der Waals surface area contributed by atoms with Crippen molar-refractivity contribution in [2.45, 2.75) is 32.4 Å². The van der Waals surface area contributed by atoms with Crippen molar-refractivity contribution in [3.63, 3.8) is 0 Å². The van der Waals surface area contributed by atoms with Crippen LogP contribution in [-0.2, 0) is 0 Å². The predicted molar refractivity (Wildman–Crippen MR) is 121 cm³/mol. The van der Waals surface area contributed by atoms with Crippen LogP contribution in [0.1, 0.15) is 34.1 Å². The average Bonchev–Trinajstić information content (AvgIpc) is 3.48. The topological polar surface area (TPSA) is 110 Å². The van der Waals surface area contributed by atoms with Gasteiger partial charge in [0.2, 0.25) is 5.76 Å². The minimum Gasteiger partial charge on any atom is -0.436 e. The molecular formula is C24H18FN7O2. The van der Waals surface area contributed by atoms with Crippen molar-refractivity contribution in [3.05, 3.63) is 65.4 Å². The normalized spacial score (nSPS) is 18.5. The Morgan fingerprint density at radius 2 is 2.21 bits per heavy atom. The van der Waals surface area contributed by atoms with Crippen LogP contribution in [0.15, 0.2) is 41.1 Å². The van der Waals surface area contributed by atoms with Gasteiger partial charge in [0.05, 0.1) is 17.3 Å². The van der Waals surface area contributed by atoms with Crippen LogP contribution in [0.5, 0.6) is 0 Å². The van der Waals surface area contributed by atoms with Gasteiger partial charge in [-0.05, 0) is 36.8 Å². The molecule has 2 unspecified atom stereocenters. The van der Waals surface area contributed by atoms with Crippen LogP contribution in [0.2, 0.25) is 0 Å². The summed E-state index contributed by atoms with van der Waals surface area (Å²) in [5, 5.41) is 10.6. The van der Waals surface area contributed by atoms with E-state index in [4.69, 9.17) is 4.42 Å². The fourth-order valence-corrected chi connectivity index (χ4v) is 4.22. The minimum absolute atomic E-state index is 0.0486. The zero-order chi connectivity index (χ0) is 23.4. The smallest absolute Gasteiger partial charge is 0.293 e. The van der Waals surface area contributed by atoms with Crippen molar-refractivity contribution >= 4 is 22.9 Å². The Labute approximate surface area is 193 Å². The molecule has 6 rings (SSSR count). The van der Waals surface area contributed by atoms with Crippen molar-refractivity contribution in [1.29, 1.82) is 0 Å². The molecule has 2 aliphatic rings. The van der Waals surface area contributed by atoms with E-state index in [0.29, 0.717) is 23.0 Å². The second-order valence-corrected chi connectivity index (χ2v) is 8.16. The van der Waals surface area contributed by atoms with Gasteiger partial charge in [0, 0.05) is 43.0 Å². The first-order valence-corrected chi connectivity index (χ1v) is 10.7. The summed E-state index contributed by atoms with van der Waals surface area (Å²) in [4.78, 5) is 25.4. The molecule has 0 saturated carbocycles. The molecule has 0 spiro atoms. The van der Waals surface area contributed by atoms with Crippen LogP contribution < -0.4 is 10.6 Å². The standard InChI is InChI=1S/C24H18FN7O2/c1-12-21(34-13(2)27-12)23(33)29-16-6-7-19(25)18(9-16)22-30-24-26-10-14(11-32(24)31-22)17-8-15-4-3-5-20(17)28-15/h6-11,15,20,28H,5H2,1-2H3,(H,29,33). The van der Waals surface area contributed by atoms with E-state index in [2.05, 4.69) is 48.6 Å². The van der Waals surface area contributed by atoms with Gasteiger partial charge in [-0.1, -0.05) is 11.8 Å². The molecule has 2 bridgehead atoms. The van der Waals surface area contributed by atoms with E-state index in [1.165, 1.54) is 22.7 Å². The van der Waals surface area contributed by atoms with Crippen molar-refractivity contribution in [2.75, 3.05) is 5.32 Å². The Balaban J connectivity index is 1.31. The van der Waals surface area contributed by atoms with Crippen molar-refractivity contribution in [2.24, 2.45) is 0 Å². The number of nitrogens with one attached hydrogen (secondary N) is 2. The molecule has 0 saturated heterocycles. The monoisotopic (exact) mass is 455 g/mol. The number of hydrogen-bond acceptors (Lipinski definition) is 7. The number of aromatic nitrogens is 5. The molecule has 9 nitrogen and oxygen atoms in total. The number of halogens is 1. The van der Waals surface area contributed by atoms with Gasteiger partial charge in [-0.3, -0.25) is 10.1 Å². The number of fused-ring (bicyclic) bond motifs is 3. The Bertz CT molecular complexity index is 1570. The highest BCUT2D eigenvalue weighted by Gasteiger charge is 2.28. The molecule has 0 aliphatic carbocycles. The number of oxazole rings is 1. The first-order valence-electron chi connectivity index (χ1n) is 10.7. The van der Waals surface area contributed by atoms with Gasteiger partial charge in [0.1, 0.15) is 5.82 Å². The Morgan fingerprint density at radius 1 is 1.32 bits per heavy atom. The van der Waals surface area contributed by atoms with E-state index in [1.807, 2.05) is 6.20 Å². The minimum atomic E-state index is -0.519. The molecule has 34 heavy (non-hydrogen) atoms. The summed E-state index contributed by atoms with van der Waals surface area (Å²) in [6.45, 7) is 3.34. The van der Waals surface area contributed by atoms with E-state index >= 15 is 0 Å². The molecule has 4 aromatic rings. The fourth-order valence-electron chi connectivity index (χ4n) is 4.22. The van der Waals surface area contributed by atoms with Gasteiger partial charge in [-0.15, -0.1) is 5.10 Å². The van der Waals surface area contributed by atoms with Crippen LogP contribution in [0.25, 0.3) is 22.7 Å². The average molecular weight is 455 g/mol. The van der Waals surface area contributed by atoms with E-state index in [1.54, 1.807) is 20.0 Å². The maximum Gasteiger partial charge on any atom is 0.293 e. The zero-order valence-electron chi connectivity index (χ0n) is 18.3. The molecule has 1 amide bonds. The maximum absolute atomic E-state index is 14.7. The molecule has 10 heteroatoms. The van der Waals surface area contributed by atoms with Crippen LogP contribution in [-0.4, -0.2) is 42.6 Å².